The molecule has 0 bridgehead atoms. The summed E-state index contributed by atoms with van der Waals surface area (Å²) in [7, 11) is 0. The maximum Gasteiger partial charge on any atom is 0.259 e. The Labute approximate surface area is 169 Å². The van der Waals surface area contributed by atoms with E-state index in [0.29, 0.717) is 35.4 Å². The van der Waals surface area contributed by atoms with Crippen molar-refractivity contribution >= 4 is 17.0 Å². The monoisotopic (exact) mass is 400 g/mol. The molecule has 0 radical (unpaired) electrons. The zero-order chi connectivity index (χ0) is 19.8. The predicted octanol–water partition coefficient (Wildman–Crippen LogP) is 1.88. The smallest absolute Gasteiger partial charge is 0.259 e. The van der Waals surface area contributed by atoms with Gasteiger partial charge in [0.15, 0.2) is 0 Å². The average Bonchev–Trinajstić information content (AvgIpc) is 3.34. The second-order valence-corrected chi connectivity index (χ2v) is 8.37. The van der Waals surface area contributed by atoms with Crippen LogP contribution in [-0.4, -0.2) is 73.1 Å². The number of hydrogen-bond acceptors (Lipinski definition) is 7. The molecule has 0 aromatic carbocycles. The fraction of sp³-hybridized carbons (Fsp3) is 0.667. The van der Waals surface area contributed by atoms with Crippen LogP contribution in [0, 0.1) is 12.8 Å². The minimum Gasteiger partial charge on any atom is -0.381 e. The van der Waals surface area contributed by atoms with E-state index in [9.17, 15) is 4.79 Å². The van der Waals surface area contributed by atoms with Crippen LogP contribution in [0.2, 0.25) is 0 Å². The molecule has 1 N–H and O–H groups in total. The molecule has 4 heterocycles. The first-order valence-corrected chi connectivity index (χ1v) is 10.7. The van der Waals surface area contributed by atoms with Crippen LogP contribution in [0.5, 0.6) is 0 Å². The number of nitrogens with zero attached hydrogens (tertiary/aromatic N) is 3. The topological polar surface area (TPSA) is 89.7 Å². The van der Waals surface area contributed by atoms with Gasteiger partial charge in [0, 0.05) is 49.8 Å². The number of ether oxygens (including phenoxy) is 2. The lowest BCUT2D eigenvalue weighted by Crippen LogP contribution is -2.52. The first-order valence-electron chi connectivity index (χ1n) is 10.7. The van der Waals surface area contributed by atoms with Crippen LogP contribution >= 0.6 is 0 Å². The van der Waals surface area contributed by atoms with Crippen molar-refractivity contribution in [2.75, 3.05) is 46.1 Å². The van der Waals surface area contributed by atoms with Crippen molar-refractivity contribution in [2.24, 2.45) is 5.92 Å². The van der Waals surface area contributed by atoms with E-state index in [1.807, 2.05) is 13.0 Å². The number of amides is 1. The summed E-state index contributed by atoms with van der Waals surface area (Å²) >= 11 is 0. The normalized spacial score (nSPS) is 24.1. The Morgan fingerprint density at radius 3 is 2.79 bits per heavy atom. The van der Waals surface area contributed by atoms with E-state index in [4.69, 9.17) is 14.0 Å². The minimum atomic E-state index is -0.0808. The number of rotatable bonds is 6. The fourth-order valence-corrected chi connectivity index (χ4v) is 4.53. The Kier molecular flexibility index (Phi) is 5.24. The Morgan fingerprint density at radius 1 is 1.24 bits per heavy atom. The number of carbonyl (C=O) groups is 1. The largest absolute Gasteiger partial charge is 0.381 e. The maximum absolute atomic E-state index is 13.2. The lowest BCUT2D eigenvalue weighted by atomic mass is 9.96. The molecular weight excluding hydrogens is 372 g/mol. The van der Waals surface area contributed by atoms with E-state index in [-0.39, 0.29) is 11.9 Å². The second-order valence-electron chi connectivity index (χ2n) is 8.37. The van der Waals surface area contributed by atoms with E-state index in [1.165, 1.54) is 0 Å². The fourth-order valence-electron chi connectivity index (χ4n) is 4.53. The SMILES string of the molecule is Cc1noc2nc(C3CC3)cc(C(=O)NCC(C3CCOC3)N3CCOCC3)c12. The van der Waals surface area contributed by atoms with Crippen LogP contribution in [0.3, 0.4) is 0 Å². The van der Waals surface area contributed by atoms with Gasteiger partial charge in [0.1, 0.15) is 0 Å². The second kappa shape index (κ2) is 8.01. The molecular formula is C21H28N4O4. The molecule has 156 valence electrons. The van der Waals surface area contributed by atoms with Gasteiger partial charge in [-0.15, -0.1) is 0 Å². The van der Waals surface area contributed by atoms with Gasteiger partial charge in [0.05, 0.1) is 36.5 Å². The Hall–Kier alpha value is -2.03. The standard InChI is InChI=1S/C21H28N4O4/c1-13-19-16(10-17(14-2-3-14)23-21(19)29-24-13)20(26)22-11-18(15-4-7-28-12-15)25-5-8-27-9-6-25/h10,14-15,18H,2-9,11-12H2,1H3,(H,22,26). The van der Waals surface area contributed by atoms with Crippen molar-refractivity contribution in [1.29, 1.82) is 0 Å². The maximum atomic E-state index is 13.2. The molecule has 1 amide bonds. The van der Waals surface area contributed by atoms with Crippen LogP contribution in [0.1, 0.15) is 46.9 Å². The molecule has 8 nitrogen and oxygen atoms in total. The van der Waals surface area contributed by atoms with Crippen LogP contribution in [0.25, 0.3) is 11.1 Å². The Morgan fingerprint density at radius 2 is 2.07 bits per heavy atom. The van der Waals surface area contributed by atoms with Crippen molar-refractivity contribution in [3.8, 4) is 0 Å². The number of aromatic nitrogens is 2. The van der Waals surface area contributed by atoms with Crippen LogP contribution in [0.4, 0.5) is 0 Å². The molecule has 2 aromatic rings. The summed E-state index contributed by atoms with van der Waals surface area (Å²) in [5, 5.41) is 7.95. The zero-order valence-corrected chi connectivity index (χ0v) is 16.9. The molecule has 1 aliphatic carbocycles. The van der Waals surface area contributed by atoms with Gasteiger partial charge in [0.2, 0.25) is 0 Å². The summed E-state index contributed by atoms with van der Waals surface area (Å²) in [5.74, 6) is 0.793. The number of fused-ring (bicyclic) bond motifs is 1. The average molecular weight is 400 g/mol. The molecule has 3 fully saturated rings. The summed E-state index contributed by atoms with van der Waals surface area (Å²) in [4.78, 5) is 20.2. The number of pyridine rings is 1. The van der Waals surface area contributed by atoms with E-state index in [0.717, 1.165) is 69.9 Å². The summed E-state index contributed by atoms with van der Waals surface area (Å²) in [5.41, 5.74) is 2.73. The summed E-state index contributed by atoms with van der Waals surface area (Å²) in [6, 6.07) is 2.19. The van der Waals surface area contributed by atoms with Crippen LogP contribution < -0.4 is 5.32 Å². The predicted molar refractivity (Wildman–Crippen MR) is 106 cm³/mol. The Balaban J connectivity index is 1.36. The van der Waals surface area contributed by atoms with Gasteiger partial charge >= 0.3 is 0 Å². The molecule has 2 atom stereocenters. The van der Waals surface area contributed by atoms with Gasteiger partial charge in [-0.3, -0.25) is 9.69 Å². The third kappa shape index (κ3) is 3.89. The van der Waals surface area contributed by atoms with Crippen molar-refractivity contribution in [3.63, 3.8) is 0 Å². The van der Waals surface area contributed by atoms with Gasteiger partial charge in [0.25, 0.3) is 11.6 Å². The molecule has 1 saturated carbocycles. The van der Waals surface area contributed by atoms with E-state index < -0.39 is 0 Å². The molecule has 2 aromatic heterocycles. The molecule has 3 aliphatic rings. The highest BCUT2D eigenvalue weighted by atomic mass is 16.5. The van der Waals surface area contributed by atoms with Gasteiger partial charge in [-0.25, -0.2) is 4.98 Å². The highest BCUT2D eigenvalue weighted by molar-refractivity contribution is 6.06. The van der Waals surface area contributed by atoms with Gasteiger partial charge in [-0.05, 0) is 32.3 Å². The highest BCUT2D eigenvalue weighted by Crippen LogP contribution is 2.40. The van der Waals surface area contributed by atoms with E-state index in [1.54, 1.807) is 0 Å². The van der Waals surface area contributed by atoms with Crippen molar-refractivity contribution in [2.45, 2.75) is 38.1 Å². The molecule has 0 spiro atoms. The molecule has 2 saturated heterocycles. The minimum absolute atomic E-state index is 0.0808. The number of carbonyl (C=O) groups excluding carboxylic acids is 1. The van der Waals surface area contributed by atoms with E-state index >= 15 is 0 Å². The molecule has 2 unspecified atom stereocenters. The highest BCUT2D eigenvalue weighted by Gasteiger charge is 2.33. The third-order valence-electron chi connectivity index (χ3n) is 6.37. The lowest BCUT2D eigenvalue weighted by molar-refractivity contribution is 0.00167. The van der Waals surface area contributed by atoms with Crippen molar-refractivity contribution < 1.29 is 18.8 Å². The van der Waals surface area contributed by atoms with Gasteiger partial charge in [-0.1, -0.05) is 5.16 Å². The molecule has 29 heavy (non-hydrogen) atoms. The van der Waals surface area contributed by atoms with Crippen molar-refractivity contribution in [1.82, 2.24) is 20.4 Å². The molecule has 5 rings (SSSR count). The number of morpholine rings is 1. The summed E-state index contributed by atoms with van der Waals surface area (Å²) in [6.07, 6.45) is 3.27. The number of aryl methyl sites for hydroxylation is 1. The number of hydrogen-bond donors (Lipinski definition) is 1. The van der Waals surface area contributed by atoms with Crippen molar-refractivity contribution in [3.05, 3.63) is 23.0 Å². The quantitative estimate of drug-likeness (QED) is 0.792. The van der Waals surface area contributed by atoms with Gasteiger partial charge in [-0.2, -0.15) is 0 Å². The first kappa shape index (κ1) is 19.0. The summed E-state index contributed by atoms with van der Waals surface area (Å²) in [6.45, 7) is 7.29. The van der Waals surface area contributed by atoms with E-state index in [2.05, 4.69) is 20.4 Å². The molecule has 2 aliphatic heterocycles. The summed E-state index contributed by atoms with van der Waals surface area (Å²) < 4.78 is 16.5. The first-order chi connectivity index (χ1) is 14.2. The Bertz CT molecular complexity index is 882. The van der Waals surface area contributed by atoms with Gasteiger partial charge < -0.3 is 19.3 Å². The lowest BCUT2D eigenvalue weighted by Gasteiger charge is -2.37. The van der Waals surface area contributed by atoms with Crippen LogP contribution in [0.15, 0.2) is 10.6 Å². The third-order valence-corrected chi connectivity index (χ3v) is 6.37. The van der Waals surface area contributed by atoms with Crippen LogP contribution in [-0.2, 0) is 9.47 Å². The zero-order valence-electron chi connectivity index (χ0n) is 16.9. The number of nitrogens with one attached hydrogen (secondary N) is 1. The molecule has 8 heteroatoms.